The van der Waals surface area contributed by atoms with Crippen LogP contribution >= 0.6 is 11.3 Å². The van der Waals surface area contributed by atoms with Crippen molar-refractivity contribution in [2.24, 2.45) is 0 Å². The number of tetrazole rings is 1. The lowest BCUT2D eigenvalue weighted by Gasteiger charge is -2.30. The Labute approximate surface area is 131 Å². The summed E-state index contributed by atoms with van der Waals surface area (Å²) < 4.78 is 7.09. The van der Waals surface area contributed by atoms with Gasteiger partial charge in [-0.2, -0.15) is 0 Å². The lowest BCUT2D eigenvalue weighted by atomic mass is 9.97. The van der Waals surface area contributed by atoms with Gasteiger partial charge in [0.05, 0.1) is 19.2 Å². The Balaban J connectivity index is 1.68. The molecular weight excluding hydrogens is 298 g/mol. The Bertz CT molecular complexity index is 753. The molecule has 0 aliphatic carbocycles. The average Bonchev–Trinajstić information content (AvgIpc) is 3.25. The van der Waals surface area contributed by atoms with E-state index in [0.717, 1.165) is 12.2 Å². The van der Waals surface area contributed by atoms with Gasteiger partial charge in [-0.25, -0.2) is 4.68 Å². The second-order valence-electron chi connectivity index (χ2n) is 5.18. The van der Waals surface area contributed by atoms with E-state index in [2.05, 4.69) is 50.5 Å². The molecule has 3 heterocycles. The first-order valence-electron chi connectivity index (χ1n) is 7.07. The summed E-state index contributed by atoms with van der Waals surface area (Å²) in [6.45, 7) is 0. The minimum Gasteiger partial charge on any atom is -0.497 e. The summed E-state index contributed by atoms with van der Waals surface area (Å²) in [5.74, 6) is 1.57. The highest BCUT2D eigenvalue weighted by atomic mass is 32.1. The molecule has 1 aromatic carbocycles. The van der Waals surface area contributed by atoms with Crippen LogP contribution < -0.4 is 10.1 Å². The molecule has 0 unspecified atom stereocenters. The van der Waals surface area contributed by atoms with Crippen molar-refractivity contribution in [3.63, 3.8) is 0 Å². The molecule has 112 valence electrons. The summed E-state index contributed by atoms with van der Waals surface area (Å²) in [5, 5.41) is 17.5. The molecule has 1 aliphatic heterocycles. The van der Waals surface area contributed by atoms with Gasteiger partial charge in [0.2, 0.25) is 5.95 Å². The number of rotatable bonds is 3. The van der Waals surface area contributed by atoms with Crippen molar-refractivity contribution in [2.75, 3.05) is 12.4 Å². The van der Waals surface area contributed by atoms with Gasteiger partial charge in [0.15, 0.2) is 0 Å². The van der Waals surface area contributed by atoms with Gasteiger partial charge in [0.25, 0.3) is 0 Å². The number of thiophene rings is 1. The van der Waals surface area contributed by atoms with Crippen molar-refractivity contribution >= 4 is 17.3 Å². The van der Waals surface area contributed by atoms with Crippen LogP contribution in [-0.2, 0) is 0 Å². The van der Waals surface area contributed by atoms with Crippen molar-refractivity contribution in [1.82, 2.24) is 20.2 Å². The number of nitrogens with one attached hydrogen (secondary N) is 1. The fourth-order valence-electron chi connectivity index (χ4n) is 2.81. The third-order valence-corrected chi connectivity index (χ3v) is 4.91. The number of fused-ring (bicyclic) bond motifs is 1. The highest BCUT2D eigenvalue weighted by Crippen LogP contribution is 2.38. The number of hydrogen-bond donors (Lipinski definition) is 1. The number of aromatic nitrogens is 4. The molecule has 4 rings (SSSR count). The molecule has 1 aliphatic rings. The van der Waals surface area contributed by atoms with Gasteiger partial charge >= 0.3 is 0 Å². The smallest absolute Gasteiger partial charge is 0.244 e. The minimum absolute atomic E-state index is 0.165. The van der Waals surface area contributed by atoms with Gasteiger partial charge in [-0.05, 0) is 46.0 Å². The molecule has 0 fully saturated rings. The number of ether oxygens (including phenoxy) is 1. The van der Waals surface area contributed by atoms with E-state index in [1.54, 1.807) is 18.4 Å². The summed E-state index contributed by atoms with van der Waals surface area (Å²) in [5.41, 5.74) is 1.21. The molecule has 7 heteroatoms. The zero-order chi connectivity index (χ0) is 14.9. The lowest BCUT2D eigenvalue weighted by Crippen LogP contribution is -2.27. The zero-order valence-corrected chi connectivity index (χ0v) is 12.8. The Morgan fingerprint density at radius 2 is 2.14 bits per heavy atom. The van der Waals surface area contributed by atoms with Gasteiger partial charge in [-0.15, -0.1) is 11.3 Å². The third kappa shape index (κ3) is 2.23. The largest absolute Gasteiger partial charge is 0.497 e. The maximum absolute atomic E-state index is 5.23. The average molecular weight is 313 g/mol. The molecule has 0 spiro atoms. The van der Waals surface area contributed by atoms with E-state index in [-0.39, 0.29) is 12.1 Å². The van der Waals surface area contributed by atoms with Crippen LogP contribution in [0.5, 0.6) is 5.75 Å². The van der Waals surface area contributed by atoms with Crippen LogP contribution in [0.1, 0.15) is 28.9 Å². The number of anilines is 1. The summed E-state index contributed by atoms with van der Waals surface area (Å²) in [6, 6.07) is 12.7. The van der Waals surface area contributed by atoms with E-state index in [1.165, 1.54) is 10.4 Å². The fourth-order valence-corrected chi connectivity index (χ4v) is 3.63. The maximum Gasteiger partial charge on any atom is 0.244 e. The molecule has 22 heavy (non-hydrogen) atoms. The predicted molar refractivity (Wildman–Crippen MR) is 84.2 cm³/mol. The first-order chi connectivity index (χ1) is 10.8. The molecule has 0 radical (unpaired) electrons. The molecule has 0 saturated heterocycles. The van der Waals surface area contributed by atoms with Crippen LogP contribution in [-0.4, -0.2) is 27.3 Å². The molecule has 2 aromatic heterocycles. The van der Waals surface area contributed by atoms with E-state index in [0.29, 0.717) is 5.95 Å². The van der Waals surface area contributed by atoms with E-state index >= 15 is 0 Å². The van der Waals surface area contributed by atoms with Gasteiger partial charge in [-0.3, -0.25) is 0 Å². The van der Waals surface area contributed by atoms with E-state index in [4.69, 9.17) is 4.74 Å². The molecule has 3 aromatic rings. The Morgan fingerprint density at radius 3 is 2.86 bits per heavy atom. The highest BCUT2D eigenvalue weighted by molar-refractivity contribution is 7.10. The zero-order valence-electron chi connectivity index (χ0n) is 12.0. The summed E-state index contributed by atoms with van der Waals surface area (Å²) in [7, 11) is 1.68. The summed E-state index contributed by atoms with van der Waals surface area (Å²) >= 11 is 1.74. The van der Waals surface area contributed by atoms with Crippen molar-refractivity contribution in [3.05, 3.63) is 52.2 Å². The standard InChI is InChI=1S/C15H15N5OS/c1-21-11-6-4-10(5-7-11)12-9-13(14-3-2-8-22-14)20-15(16-12)17-18-19-20/h2-8,12-13H,9H2,1H3,(H,16,17,19)/t12-,13+/m1/s1. The second kappa shape index (κ2) is 5.42. The number of hydrogen-bond acceptors (Lipinski definition) is 6. The van der Waals surface area contributed by atoms with Crippen molar-refractivity contribution in [2.45, 2.75) is 18.5 Å². The monoisotopic (exact) mass is 313 g/mol. The van der Waals surface area contributed by atoms with Crippen LogP contribution in [0.15, 0.2) is 41.8 Å². The maximum atomic E-state index is 5.23. The minimum atomic E-state index is 0.165. The SMILES string of the molecule is COc1ccc([C@H]2C[C@@H](c3cccs3)n3nnnc3N2)cc1. The van der Waals surface area contributed by atoms with E-state index < -0.39 is 0 Å². The molecular formula is C15H15N5OS. The number of benzene rings is 1. The number of nitrogens with zero attached hydrogens (tertiary/aromatic N) is 4. The van der Waals surface area contributed by atoms with E-state index in [1.807, 2.05) is 16.8 Å². The quantitative estimate of drug-likeness (QED) is 0.805. The molecule has 0 saturated carbocycles. The molecule has 1 N–H and O–H groups in total. The fraction of sp³-hybridized carbons (Fsp3) is 0.267. The molecule has 0 bridgehead atoms. The summed E-state index contributed by atoms with van der Waals surface area (Å²) in [4.78, 5) is 1.27. The second-order valence-corrected chi connectivity index (χ2v) is 6.16. The van der Waals surface area contributed by atoms with Gasteiger partial charge in [0.1, 0.15) is 5.75 Å². The predicted octanol–water partition coefficient (Wildman–Crippen LogP) is 2.89. The Morgan fingerprint density at radius 1 is 1.27 bits per heavy atom. The normalized spacial score (nSPS) is 20.2. The summed E-state index contributed by atoms with van der Waals surface area (Å²) in [6.07, 6.45) is 0.908. The lowest BCUT2D eigenvalue weighted by molar-refractivity contribution is 0.413. The molecule has 2 atom stereocenters. The van der Waals surface area contributed by atoms with Gasteiger partial charge in [0, 0.05) is 4.88 Å². The number of methoxy groups -OCH3 is 1. The first kappa shape index (κ1) is 13.3. The molecule has 0 amide bonds. The van der Waals surface area contributed by atoms with Gasteiger partial charge in [-0.1, -0.05) is 23.3 Å². The van der Waals surface area contributed by atoms with Gasteiger partial charge < -0.3 is 10.1 Å². The van der Waals surface area contributed by atoms with Crippen molar-refractivity contribution in [3.8, 4) is 5.75 Å². The van der Waals surface area contributed by atoms with Crippen LogP contribution in [0.3, 0.4) is 0 Å². The van der Waals surface area contributed by atoms with Crippen LogP contribution in [0, 0.1) is 0 Å². The van der Waals surface area contributed by atoms with Crippen LogP contribution in [0.2, 0.25) is 0 Å². The van der Waals surface area contributed by atoms with Crippen LogP contribution in [0.4, 0.5) is 5.95 Å². The Kier molecular flexibility index (Phi) is 3.27. The Hall–Kier alpha value is -2.41. The molecule has 6 nitrogen and oxygen atoms in total. The third-order valence-electron chi connectivity index (χ3n) is 3.94. The van der Waals surface area contributed by atoms with Crippen LogP contribution in [0.25, 0.3) is 0 Å². The van der Waals surface area contributed by atoms with Crippen molar-refractivity contribution < 1.29 is 4.74 Å². The topological polar surface area (TPSA) is 64.9 Å². The van der Waals surface area contributed by atoms with Crippen molar-refractivity contribution in [1.29, 1.82) is 0 Å². The van der Waals surface area contributed by atoms with E-state index in [9.17, 15) is 0 Å². The first-order valence-corrected chi connectivity index (χ1v) is 7.95. The highest BCUT2D eigenvalue weighted by Gasteiger charge is 2.31.